The zero-order valence-corrected chi connectivity index (χ0v) is 10.3. The minimum atomic E-state index is 0.0179. The fourth-order valence-corrected chi connectivity index (χ4v) is 2.59. The summed E-state index contributed by atoms with van der Waals surface area (Å²) < 4.78 is 5.90. The van der Waals surface area contributed by atoms with Crippen LogP contribution in [0.4, 0.5) is 0 Å². The van der Waals surface area contributed by atoms with Crippen LogP contribution in [0, 0.1) is 0 Å². The Morgan fingerprint density at radius 1 is 1.22 bits per heavy atom. The number of pyridine rings is 1. The molecule has 1 aromatic heterocycles. The minimum absolute atomic E-state index is 0.0179. The molecule has 3 nitrogen and oxygen atoms in total. The van der Waals surface area contributed by atoms with E-state index in [0.717, 1.165) is 29.3 Å². The summed E-state index contributed by atoms with van der Waals surface area (Å²) in [6.07, 6.45) is 5.01. The van der Waals surface area contributed by atoms with Crippen molar-refractivity contribution in [3.8, 4) is 5.88 Å². The fraction of sp³-hybridized carbons (Fsp3) is 0.400. The van der Waals surface area contributed by atoms with Gasteiger partial charge in [-0.05, 0) is 37.3 Å². The first kappa shape index (κ1) is 11.5. The first-order chi connectivity index (χ1) is 8.86. The summed E-state index contributed by atoms with van der Waals surface area (Å²) >= 11 is 0. The summed E-state index contributed by atoms with van der Waals surface area (Å²) in [5.41, 5.74) is 1.77. The SMILES string of the molecule is OCc1cc(OC2CCCC2)nc2ccccc12. The third kappa shape index (κ3) is 2.18. The van der Waals surface area contributed by atoms with Crippen molar-refractivity contribution in [2.45, 2.75) is 38.4 Å². The number of nitrogens with zero attached hydrogens (tertiary/aromatic N) is 1. The highest BCUT2D eigenvalue weighted by Crippen LogP contribution is 2.26. The molecule has 0 bridgehead atoms. The monoisotopic (exact) mass is 243 g/mol. The molecular weight excluding hydrogens is 226 g/mol. The third-order valence-corrected chi connectivity index (χ3v) is 3.54. The second kappa shape index (κ2) is 4.94. The van der Waals surface area contributed by atoms with E-state index >= 15 is 0 Å². The standard InChI is InChI=1S/C15H17NO2/c17-10-11-9-15(18-12-5-1-2-6-12)16-14-8-4-3-7-13(11)14/h3-4,7-9,12,17H,1-2,5-6,10H2. The van der Waals surface area contributed by atoms with Gasteiger partial charge in [0, 0.05) is 11.5 Å². The molecule has 1 saturated carbocycles. The largest absolute Gasteiger partial charge is 0.474 e. The molecule has 2 aromatic rings. The Morgan fingerprint density at radius 3 is 2.78 bits per heavy atom. The van der Waals surface area contributed by atoms with Gasteiger partial charge in [-0.25, -0.2) is 4.98 Å². The van der Waals surface area contributed by atoms with Gasteiger partial charge < -0.3 is 9.84 Å². The lowest BCUT2D eigenvalue weighted by molar-refractivity contribution is 0.201. The maximum atomic E-state index is 9.44. The zero-order valence-electron chi connectivity index (χ0n) is 10.3. The van der Waals surface area contributed by atoms with Gasteiger partial charge in [-0.15, -0.1) is 0 Å². The molecule has 1 aliphatic rings. The van der Waals surface area contributed by atoms with Crippen molar-refractivity contribution in [1.82, 2.24) is 4.98 Å². The molecule has 1 heterocycles. The maximum absolute atomic E-state index is 9.44. The van der Waals surface area contributed by atoms with E-state index in [9.17, 15) is 5.11 Å². The van der Waals surface area contributed by atoms with E-state index in [2.05, 4.69) is 4.98 Å². The highest BCUT2D eigenvalue weighted by molar-refractivity contribution is 5.82. The van der Waals surface area contributed by atoms with Gasteiger partial charge in [-0.2, -0.15) is 0 Å². The molecule has 18 heavy (non-hydrogen) atoms. The molecule has 0 aliphatic heterocycles. The predicted octanol–water partition coefficient (Wildman–Crippen LogP) is 3.05. The topological polar surface area (TPSA) is 42.4 Å². The highest BCUT2D eigenvalue weighted by atomic mass is 16.5. The van der Waals surface area contributed by atoms with Gasteiger partial charge in [0.15, 0.2) is 0 Å². The number of hydrogen-bond donors (Lipinski definition) is 1. The summed E-state index contributed by atoms with van der Waals surface area (Å²) in [5.74, 6) is 0.643. The van der Waals surface area contributed by atoms with Crippen LogP contribution in [-0.2, 0) is 6.61 Å². The van der Waals surface area contributed by atoms with Crippen LogP contribution in [0.3, 0.4) is 0 Å². The normalized spacial score (nSPS) is 16.3. The van der Waals surface area contributed by atoms with Gasteiger partial charge in [-0.1, -0.05) is 18.2 Å². The lowest BCUT2D eigenvalue weighted by Gasteiger charge is -2.14. The Balaban J connectivity index is 1.96. The molecule has 0 radical (unpaired) electrons. The second-order valence-electron chi connectivity index (χ2n) is 4.82. The van der Waals surface area contributed by atoms with E-state index in [1.54, 1.807) is 0 Å². The molecule has 1 N–H and O–H groups in total. The number of fused-ring (bicyclic) bond motifs is 1. The molecule has 3 heteroatoms. The number of ether oxygens (including phenoxy) is 1. The van der Waals surface area contributed by atoms with Gasteiger partial charge in [0.25, 0.3) is 0 Å². The average molecular weight is 243 g/mol. The fourth-order valence-electron chi connectivity index (χ4n) is 2.59. The summed E-state index contributed by atoms with van der Waals surface area (Å²) in [6, 6.07) is 9.71. The predicted molar refractivity (Wildman–Crippen MR) is 70.5 cm³/mol. The Labute approximate surface area is 106 Å². The lowest BCUT2D eigenvalue weighted by atomic mass is 10.1. The van der Waals surface area contributed by atoms with Crippen molar-refractivity contribution in [2.24, 2.45) is 0 Å². The van der Waals surface area contributed by atoms with Gasteiger partial charge in [-0.3, -0.25) is 0 Å². The molecule has 94 valence electrons. The van der Waals surface area contributed by atoms with Gasteiger partial charge in [0.1, 0.15) is 6.10 Å². The van der Waals surface area contributed by atoms with Crippen LogP contribution >= 0.6 is 0 Å². The number of aliphatic hydroxyl groups is 1. The first-order valence-electron chi connectivity index (χ1n) is 6.53. The Morgan fingerprint density at radius 2 is 2.00 bits per heavy atom. The van der Waals surface area contributed by atoms with Gasteiger partial charge >= 0.3 is 0 Å². The quantitative estimate of drug-likeness (QED) is 0.901. The Kier molecular flexibility index (Phi) is 3.15. The van der Waals surface area contributed by atoms with E-state index in [4.69, 9.17) is 4.74 Å². The van der Waals surface area contributed by atoms with E-state index in [0.29, 0.717) is 12.0 Å². The minimum Gasteiger partial charge on any atom is -0.474 e. The number of benzene rings is 1. The van der Waals surface area contributed by atoms with Crippen LogP contribution in [0.15, 0.2) is 30.3 Å². The number of hydrogen-bond acceptors (Lipinski definition) is 3. The van der Waals surface area contributed by atoms with Crippen LogP contribution in [0.1, 0.15) is 31.2 Å². The molecule has 1 fully saturated rings. The Hall–Kier alpha value is -1.61. The van der Waals surface area contributed by atoms with Crippen molar-refractivity contribution in [1.29, 1.82) is 0 Å². The molecular formula is C15H17NO2. The van der Waals surface area contributed by atoms with E-state index in [1.165, 1.54) is 12.8 Å². The first-order valence-corrected chi connectivity index (χ1v) is 6.53. The van der Waals surface area contributed by atoms with Crippen LogP contribution in [-0.4, -0.2) is 16.2 Å². The van der Waals surface area contributed by atoms with E-state index < -0.39 is 0 Å². The lowest BCUT2D eigenvalue weighted by Crippen LogP contribution is -2.12. The summed E-state index contributed by atoms with van der Waals surface area (Å²) in [6.45, 7) is 0.0179. The summed E-state index contributed by atoms with van der Waals surface area (Å²) in [5, 5.41) is 10.4. The van der Waals surface area contributed by atoms with E-state index in [1.807, 2.05) is 30.3 Å². The third-order valence-electron chi connectivity index (χ3n) is 3.54. The van der Waals surface area contributed by atoms with Crippen molar-refractivity contribution in [2.75, 3.05) is 0 Å². The van der Waals surface area contributed by atoms with Crippen molar-refractivity contribution >= 4 is 10.9 Å². The van der Waals surface area contributed by atoms with Gasteiger partial charge in [0.2, 0.25) is 5.88 Å². The zero-order chi connectivity index (χ0) is 12.4. The maximum Gasteiger partial charge on any atom is 0.214 e. The summed E-state index contributed by atoms with van der Waals surface area (Å²) in [4.78, 5) is 4.51. The second-order valence-corrected chi connectivity index (χ2v) is 4.82. The van der Waals surface area contributed by atoms with Crippen LogP contribution in [0.5, 0.6) is 5.88 Å². The summed E-state index contributed by atoms with van der Waals surface area (Å²) in [7, 11) is 0. The molecule has 0 amide bonds. The van der Waals surface area contributed by atoms with Crippen molar-refractivity contribution in [3.05, 3.63) is 35.9 Å². The molecule has 0 spiro atoms. The van der Waals surface area contributed by atoms with Crippen LogP contribution < -0.4 is 4.74 Å². The number of rotatable bonds is 3. The molecule has 1 aromatic carbocycles. The molecule has 3 rings (SSSR count). The number of aliphatic hydroxyl groups excluding tert-OH is 1. The Bertz CT molecular complexity index is 547. The van der Waals surface area contributed by atoms with E-state index in [-0.39, 0.29) is 6.61 Å². The van der Waals surface area contributed by atoms with Crippen molar-refractivity contribution in [3.63, 3.8) is 0 Å². The van der Waals surface area contributed by atoms with Crippen LogP contribution in [0.25, 0.3) is 10.9 Å². The van der Waals surface area contributed by atoms with Crippen LogP contribution in [0.2, 0.25) is 0 Å². The smallest absolute Gasteiger partial charge is 0.214 e. The number of para-hydroxylation sites is 1. The highest BCUT2D eigenvalue weighted by Gasteiger charge is 2.17. The molecule has 1 aliphatic carbocycles. The van der Waals surface area contributed by atoms with Gasteiger partial charge in [0.05, 0.1) is 12.1 Å². The molecule has 0 atom stereocenters. The van der Waals surface area contributed by atoms with Crippen molar-refractivity contribution < 1.29 is 9.84 Å². The molecule has 0 unspecified atom stereocenters. The average Bonchev–Trinajstić information content (AvgIpc) is 2.90. The number of aromatic nitrogens is 1. The molecule has 0 saturated heterocycles.